The van der Waals surface area contributed by atoms with Crippen LogP contribution in [0.25, 0.3) is 11.0 Å². The van der Waals surface area contributed by atoms with Gasteiger partial charge in [-0.05, 0) is 50.8 Å². The first-order valence-corrected chi connectivity index (χ1v) is 15.2. The minimum Gasteiger partial charge on any atom is -0.465 e. The van der Waals surface area contributed by atoms with Crippen molar-refractivity contribution in [3.05, 3.63) is 59.4 Å². The fourth-order valence-corrected chi connectivity index (χ4v) is 5.77. The summed E-state index contributed by atoms with van der Waals surface area (Å²) in [6.07, 6.45) is -4.12. The molecule has 3 atom stereocenters. The van der Waals surface area contributed by atoms with Gasteiger partial charge in [0.15, 0.2) is 5.65 Å². The van der Waals surface area contributed by atoms with E-state index in [2.05, 4.69) is 5.32 Å². The number of fused-ring (bicyclic) bond motifs is 1. The van der Waals surface area contributed by atoms with Gasteiger partial charge in [0.25, 0.3) is 5.91 Å². The van der Waals surface area contributed by atoms with Crippen molar-refractivity contribution >= 4 is 23.0 Å². The Morgan fingerprint density at radius 1 is 1.20 bits per heavy atom. The second kappa shape index (κ2) is 14.1. The van der Waals surface area contributed by atoms with E-state index in [1.807, 2.05) is 66.1 Å². The number of benzene rings is 1. The number of carboxylic acid groups (broad SMARTS) is 1. The molecule has 2 amide bonds. The maximum atomic E-state index is 14.2. The molecule has 1 aliphatic carbocycles. The smallest absolute Gasteiger partial charge is 0.411 e. The normalized spacial score (nSPS) is 19.8. The highest BCUT2D eigenvalue weighted by atomic mass is 19.4. The molecule has 1 saturated carbocycles. The van der Waals surface area contributed by atoms with E-state index in [0.29, 0.717) is 30.9 Å². The number of morpholine rings is 1. The van der Waals surface area contributed by atoms with Crippen LogP contribution in [-0.4, -0.2) is 98.9 Å². The molecule has 3 aromatic rings. The number of alkyl halides is 3. The second-order valence-corrected chi connectivity index (χ2v) is 11.7. The predicted molar refractivity (Wildman–Crippen MR) is 158 cm³/mol. The van der Waals surface area contributed by atoms with E-state index in [1.165, 1.54) is 0 Å². The molecule has 0 bridgehead atoms. The van der Waals surface area contributed by atoms with Crippen molar-refractivity contribution in [2.75, 3.05) is 32.9 Å². The van der Waals surface area contributed by atoms with Gasteiger partial charge in [-0.3, -0.25) is 9.69 Å². The molecule has 1 saturated heterocycles. The summed E-state index contributed by atoms with van der Waals surface area (Å²) in [4.78, 5) is 33.6. The Balaban J connectivity index is 1.35. The number of aryl methyl sites for hydroxylation is 2. The molecule has 45 heavy (non-hydrogen) atoms. The van der Waals surface area contributed by atoms with Gasteiger partial charge in [-0.2, -0.15) is 18.3 Å². The largest absolute Gasteiger partial charge is 0.465 e. The number of rotatable bonds is 13. The number of ether oxygens (including phenoxy) is 2. The van der Waals surface area contributed by atoms with Crippen molar-refractivity contribution in [3.63, 3.8) is 0 Å². The highest BCUT2D eigenvalue weighted by Gasteiger charge is 2.43. The van der Waals surface area contributed by atoms with Gasteiger partial charge in [0, 0.05) is 43.3 Å². The number of nitrogens with one attached hydrogen (secondary N) is 1. The molecule has 2 N–H and O–H groups in total. The van der Waals surface area contributed by atoms with E-state index >= 15 is 0 Å². The van der Waals surface area contributed by atoms with Crippen molar-refractivity contribution in [3.8, 4) is 0 Å². The van der Waals surface area contributed by atoms with Crippen molar-refractivity contribution in [2.45, 2.75) is 76.6 Å². The molecule has 0 radical (unpaired) electrons. The van der Waals surface area contributed by atoms with Crippen LogP contribution in [0.2, 0.25) is 0 Å². The third kappa shape index (κ3) is 8.50. The van der Waals surface area contributed by atoms with Crippen LogP contribution in [0.5, 0.6) is 0 Å². The summed E-state index contributed by atoms with van der Waals surface area (Å²) in [5.74, 6) is -0.189. The van der Waals surface area contributed by atoms with Crippen LogP contribution in [0.3, 0.4) is 0 Å². The number of hydrogen-bond donors (Lipinski definition) is 2. The van der Waals surface area contributed by atoms with Gasteiger partial charge >= 0.3 is 12.3 Å². The van der Waals surface area contributed by atoms with Gasteiger partial charge in [0.05, 0.1) is 31.0 Å². The summed E-state index contributed by atoms with van der Waals surface area (Å²) in [7, 11) is 0. The van der Waals surface area contributed by atoms with Crippen LogP contribution in [0, 0.1) is 6.92 Å². The molecule has 1 aromatic carbocycles. The lowest BCUT2D eigenvalue weighted by atomic mass is 10.1. The minimum atomic E-state index is -4.43. The van der Waals surface area contributed by atoms with Gasteiger partial charge in [-0.1, -0.05) is 30.3 Å². The predicted octanol–water partition coefficient (Wildman–Crippen LogP) is 4.30. The Labute approximate surface area is 259 Å². The van der Waals surface area contributed by atoms with Gasteiger partial charge in [0.2, 0.25) is 0 Å². The molecule has 0 spiro atoms. The summed E-state index contributed by atoms with van der Waals surface area (Å²) in [6.45, 7) is 3.70. The maximum Gasteiger partial charge on any atom is 0.411 e. The van der Waals surface area contributed by atoms with Crippen molar-refractivity contribution in [1.82, 2.24) is 29.9 Å². The average molecular weight is 633 g/mol. The van der Waals surface area contributed by atoms with E-state index in [0.717, 1.165) is 29.5 Å². The van der Waals surface area contributed by atoms with Crippen molar-refractivity contribution in [2.24, 2.45) is 0 Å². The van der Waals surface area contributed by atoms with Gasteiger partial charge in [-0.15, -0.1) is 0 Å². The molecule has 2 aromatic heterocycles. The first-order valence-electron chi connectivity index (χ1n) is 15.2. The second-order valence-electron chi connectivity index (χ2n) is 11.7. The first kappa shape index (κ1) is 32.6. The minimum absolute atomic E-state index is 0.0184. The fraction of sp³-hybridized carbons (Fsp3) is 0.548. The Morgan fingerprint density at radius 3 is 2.64 bits per heavy atom. The van der Waals surface area contributed by atoms with Crippen LogP contribution in [0.1, 0.15) is 49.2 Å². The van der Waals surface area contributed by atoms with Gasteiger partial charge in [0.1, 0.15) is 12.7 Å². The molecule has 2 aliphatic rings. The lowest BCUT2D eigenvalue weighted by Crippen LogP contribution is -2.56. The summed E-state index contributed by atoms with van der Waals surface area (Å²) in [5, 5.41) is 16.9. The first-order chi connectivity index (χ1) is 21.5. The summed E-state index contributed by atoms with van der Waals surface area (Å²) in [5.41, 5.74) is 3.14. The van der Waals surface area contributed by atoms with Gasteiger partial charge < -0.3 is 24.8 Å². The molecule has 1 aliphatic heterocycles. The van der Waals surface area contributed by atoms with Crippen molar-refractivity contribution in [1.29, 1.82) is 0 Å². The Bertz CT molecular complexity index is 1470. The number of pyridine rings is 1. The molecule has 11 nitrogen and oxygen atoms in total. The lowest BCUT2D eigenvalue weighted by Gasteiger charge is -2.41. The molecule has 3 heterocycles. The zero-order valence-corrected chi connectivity index (χ0v) is 25.4. The summed E-state index contributed by atoms with van der Waals surface area (Å²) in [6, 6.07) is 12.6. The average Bonchev–Trinajstić information content (AvgIpc) is 3.76. The number of carbonyl (C=O) groups excluding carboxylic acids is 1. The quantitative estimate of drug-likeness (QED) is 0.268. The number of amides is 2. The molecule has 2 fully saturated rings. The van der Waals surface area contributed by atoms with Crippen LogP contribution < -0.4 is 5.32 Å². The molecule has 5 rings (SSSR count). The summed E-state index contributed by atoms with van der Waals surface area (Å²) >= 11 is 0. The SMILES string of the molecule is Cc1ccc2c(C(C)N(C(=O)[C@H]3CN(Cc4ccccc4)[C@@H](COCC(F)(F)F)CO3)C3CC3)nn(CCCNC(=O)O)c2n1. The van der Waals surface area contributed by atoms with Crippen LogP contribution in [-0.2, 0) is 27.4 Å². The molecule has 14 heteroatoms. The Hall–Kier alpha value is -3.75. The standard InChI is InChI=1S/C31H39F3N6O5/c1-20-9-12-25-27(37-39(28(25)36-20)14-6-13-35-30(42)43)21(2)40(23-10-11-23)29(41)26-16-38(15-22-7-4-3-5-8-22)24(18-45-26)17-44-19-31(32,33)34/h3-5,7-9,12,21,23-24,26,35H,6,10-11,13-19H2,1-2H3,(H,42,43)/t21?,24-,26+/m0/s1. The number of aromatic nitrogens is 3. The zero-order chi connectivity index (χ0) is 32.1. The number of halogens is 3. The van der Waals surface area contributed by atoms with E-state index in [9.17, 15) is 22.8 Å². The van der Waals surface area contributed by atoms with Crippen LogP contribution in [0.4, 0.5) is 18.0 Å². The molecular weight excluding hydrogens is 593 g/mol. The highest BCUT2D eigenvalue weighted by molar-refractivity contribution is 5.84. The number of carbonyl (C=O) groups is 2. The van der Waals surface area contributed by atoms with E-state index in [1.54, 1.807) is 4.68 Å². The molecular formula is C31H39F3N6O5. The van der Waals surface area contributed by atoms with Crippen LogP contribution >= 0.6 is 0 Å². The molecule has 244 valence electrons. The topological polar surface area (TPSA) is 122 Å². The molecule has 1 unspecified atom stereocenters. The number of hydrogen-bond acceptors (Lipinski definition) is 7. The van der Waals surface area contributed by atoms with Crippen LogP contribution in [0.15, 0.2) is 42.5 Å². The highest BCUT2D eigenvalue weighted by Crippen LogP contribution is 2.37. The third-order valence-corrected chi connectivity index (χ3v) is 8.08. The lowest BCUT2D eigenvalue weighted by molar-refractivity contribution is -0.184. The third-order valence-electron chi connectivity index (χ3n) is 8.08. The maximum absolute atomic E-state index is 14.2. The van der Waals surface area contributed by atoms with Gasteiger partial charge in [-0.25, -0.2) is 14.5 Å². The zero-order valence-electron chi connectivity index (χ0n) is 25.4. The Kier molecular flexibility index (Phi) is 10.2. The van der Waals surface area contributed by atoms with E-state index in [4.69, 9.17) is 24.7 Å². The Morgan fingerprint density at radius 2 is 1.96 bits per heavy atom. The van der Waals surface area contributed by atoms with E-state index < -0.39 is 37.1 Å². The number of nitrogens with zero attached hydrogens (tertiary/aromatic N) is 5. The van der Waals surface area contributed by atoms with Crippen molar-refractivity contribution < 1.29 is 37.3 Å². The monoisotopic (exact) mass is 632 g/mol. The summed E-state index contributed by atoms with van der Waals surface area (Å²) < 4.78 is 51.2. The fourth-order valence-electron chi connectivity index (χ4n) is 5.77. The van der Waals surface area contributed by atoms with E-state index in [-0.39, 0.29) is 38.3 Å².